The minimum Gasteiger partial charge on any atom is -0.379 e. The molecule has 0 spiro atoms. The summed E-state index contributed by atoms with van der Waals surface area (Å²) in [5.74, 6) is -0.915. The van der Waals surface area contributed by atoms with Crippen LogP contribution in [0.4, 0.5) is 26.2 Å². The highest BCUT2D eigenvalue weighted by Gasteiger charge is 2.37. The van der Waals surface area contributed by atoms with Gasteiger partial charge in [0.1, 0.15) is 11.7 Å². The van der Waals surface area contributed by atoms with E-state index in [-0.39, 0.29) is 12.0 Å². The van der Waals surface area contributed by atoms with Gasteiger partial charge in [-0.2, -0.15) is 10.1 Å². The molecule has 0 saturated carbocycles. The molecule has 3 heterocycles. The van der Waals surface area contributed by atoms with Crippen LogP contribution in [0, 0.1) is 18.6 Å². The molecule has 0 bridgehead atoms. The van der Waals surface area contributed by atoms with E-state index >= 15 is 0 Å². The minimum absolute atomic E-state index is 0.166. The van der Waals surface area contributed by atoms with Gasteiger partial charge in [-0.3, -0.25) is 9.48 Å². The first-order valence-electron chi connectivity index (χ1n) is 10.4. The Kier molecular flexibility index (Phi) is 6.23. The summed E-state index contributed by atoms with van der Waals surface area (Å²) in [6.07, 6.45) is 3.17. The first-order valence-corrected chi connectivity index (χ1v) is 10.4. The van der Waals surface area contributed by atoms with Gasteiger partial charge < -0.3 is 20.3 Å². The van der Waals surface area contributed by atoms with E-state index in [9.17, 15) is 13.6 Å². The van der Waals surface area contributed by atoms with Crippen LogP contribution >= 0.6 is 0 Å². The number of halogens is 2. The maximum Gasteiger partial charge on any atom is 0.249 e. The van der Waals surface area contributed by atoms with E-state index in [0.29, 0.717) is 41.8 Å². The molecule has 0 saturated heterocycles. The Morgan fingerprint density at radius 2 is 2.03 bits per heavy atom. The Labute approximate surface area is 189 Å². The summed E-state index contributed by atoms with van der Waals surface area (Å²) >= 11 is 0. The number of benzene rings is 1. The number of likely N-dealkylation sites (N-methyl/N-ethyl adjacent to an activating group) is 1. The van der Waals surface area contributed by atoms with E-state index in [1.807, 2.05) is 13.1 Å². The molecule has 9 nitrogen and oxygen atoms in total. The maximum atomic E-state index is 13.4. The molecule has 1 amide bonds. The third-order valence-corrected chi connectivity index (χ3v) is 5.62. The van der Waals surface area contributed by atoms with Crippen molar-refractivity contribution in [3.63, 3.8) is 0 Å². The van der Waals surface area contributed by atoms with Gasteiger partial charge in [0.25, 0.3) is 0 Å². The minimum atomic E-state index is -0.884. The monoisotopic (exact) mass is 457 g/mol. The largest absolute Gasteiger partial charge is 0.379 e. The number of nitrogens with zero attached hydrogens (tertiary/aromatic N) is 5. The quantitative estimate of drug-likeness (QED) is 0.563. The zero-order valence-electron chi connectivity index (χ0n) is 18.8. The number of aryl methyl sites for hydroxylation is 1. The predicted molar refractivity (Wildman–Crippen MR) is 119 cm³/mol. The third-order valence-electron chi connectivity index (χ3n) is 5.62. The summed E-state index contributed by atoms with van der Waals surface area (Å²) in [6.45, 7) is 4.36. The van der Waals surface area contributed by atoms with Crippen molar-refractivity contribution in [2.75, 3.05) is 29.7 Å². The van der Waals surface area contributed by atoms with E-state index < -0.39 is 17.7 Å². The molecule has 11 heteroatoms. The standard InChI is InChI=1S/C22H25F2N7O2/c1-12-18-20(30(3)19(13(2)33-4)21(32)28-18)29-22(27-12)25-8-15-9-26-31(11-15)10-14-5-6-16(23)17(24)7-14/h5-7,9,11,13,19H,8,10H2,1-4H3,(H,28,32)(H,25,27,29)/t13-,19+/m1/s1. The molecule has 0 radical (unpaired) electrons. The van der Waals surface area contributed by atoms with Crippen molar-refractivity contribution in [2.45, 2.75) is 39.1 Å². The second-order valence-electron chi connectivity index (χ2n) is 7.97. The lowest BCUT2D eigenvalue weighted by Gasteiger charge is -2.37. The van der Waals surface area contributed by atoms with Gasteiger partial charge in [0.05, 0.1) is 24.5 Å². The van der Waals surface area contributed by atoms with Crippen LogP contribution in [0.2, 0.25) is 0 Å². The number of carbonyl (C=O) groups is 1. The molecule has 1 aromatic carbocycles. The zero-order chi connectivity index (χ0) is 23.7. The summed E-state index contributed by atoms with van der Waals surface area (Å²) in [5.41, 5.74) is 2.69. The fraction of sp³-hybridized carbons (Fsp3) is 0.364. The molecule has 0 unspecified atom stereocenters. The average Bonchev–Trinajstić information content (AvgIpc) is 3.23. The Hall–Kier alpha value is -3.60. The van der Waals surface area contributed by atoms with Gasteiger partial charge in [0, 0.05) is 32.5 Å². The van der Waals surface area contributed by atoms with E-state index in [2.05, 4.69) is 25.7 Å². The Balaban J connectivity index is 1.46. The summed E-state index contributed by atoms with van der Waals surface area (Å²) in [6, 6.07) is 3.27. The molecule has 0 aliphatic carbocycles. The Bertz CT molecular complexity index is 1180. The second-order valence-corrected chi connectivity index (χ2v) is 7.97. The van der Waals surface area contributed by atoms with E-state index in [0.717, 1.165) is 17.7 Å². The van der Waals surface area contributed by atoms with Crippen molar-refractivity contribution >= 4 is 23.4 Å². The van der Waals surface area contributed by atoms with Crippen molar-refractivity contribution < 1.29 is 18.3 Å². The number of nitrogens with one attached hydrogen (secondary N) is 2. The SMILES string of the molecule is CO[C@H](C)[C@H]1C(=O)Nc2c(C)nc(NCc3cnn(Cc4ccc(F)c(F)c4)c3)nc2N1C. The topological polar surface area (TPSA) is 97.2 Å². The van der Waals surface area contributed by atoms with Gasteiger partial charge in [-0.05, 0) is 31.5 Å². The lowest BCUT2D eigenvalue weighted by atomic mass is 10.1. The third kappa shape index (κ3) is 4.63. The van der Waals surface area contributed by atoms with Gasteiger partial charge in [0.15, 0.2) is 17.5 Å². The van der Waals surface area contributed by atoms with Crippen molar-refractivity contribution in [1.82, 2.24) is 19.7 Å². The van der Waals surface area contributed by atoms with Crippen molar-refractivity contribution in [1.29, 1.82) is 0 Å². The number of anilines is 3. The van der Waals surface area contributed by atoms with E-state index in [1.54, 1.807) is 36.9 Å². The fourth-order valence-corrected chi connectivity index (χ4v) is 3.79. The summed E-state index contributed by atoms with van der Waals surface area (Å²) in [4.78, 5) is 23.4. The van der Waals surface area contributed by atoms with Crippen LogP contribution in [-0.4, -0.2) is 52.0 Å². The van der Waals surface area contributed by atoms with E-state index in [1.165, 1.54) is 6.07 Å². The number of amides is 1. The molecular formula is C22H25F2N7O2. The molecule has 2 atom stereocenters. The number of aromatic nitrogens is 4. The number of hydrogen-bond donors (Lipinski definition) is 2. The number of methoxy groups -OCH3 is 1. The lowest BCUT2D eigenvalue weighted by Crippen LogP contribution is -2.53. The predicted octanol–water partition coefficient (Wildman–Crippen LogP) is 2.71. The van der Waals surface area contributed by atoms with Crippen LogP contribution in [0.5, 0.6) is 0 Å². The van der Waals surface area contributed by atoms with Gasteiger partial charge in [0.2, 0.25) is 11.9 Å². The molecule has 174 valence electrons. The van der Waals surface area contributed by atoms with Crippen LogP contribution in [0.15, 0.2) is 30.6 Å². The molecular weight excluding hydrogens is 432 g/mol. The molecule has 2 aromatic heterocycles. The maximum absolute atomic E-state index is 13.4. The fourth-order valence-electron chi connectivity index (χ4n) is 3.79. The van der Waals surface area contributed by atoms with Gasteiger partial charge >= 0.3 is 0 Å². The van der Waals surface area contributed by atoms with Crippen molar-refractivity contribution in [3.05, 3.63) is 59.0 Å². The van der Waals surface area contributed by atoms with Crippen molar-refractivity contribution in [3.8, 4) is 0 Å². The highest BCUT2D eigenvalue weighted by atomic mass is 19.2. The highest BCUT2D eigenvalue weighted by molar-refractivity contribution is 6.03. The van der Waals surface area contributed by atoms with Crippen LogP contribution < -0.4 is 15.5 Å². The van der Waals surface area contributed by atoms with Gasteiger partial charge in [-0.15, -0.1) is 0 Å². The Morgan fingerprint density at radius 3 is 2.76 bits per heavy atom. The second kappa shape index (κ2) is 9.10. The van der Waals surface area contributed by atoms with Crippen LogP contribution in [0.3, 0.4) is 0 Å². The summed E-state index contributed by atoms with van der Waals surface area (Å²) in [5, 5.41) is 10.3. The molecule has 1 aliphatic heterocycles. The summed E-state index contributed by atoms with van der Waals surface area (Å²) in [7, 11) is 3.36. The van der Waals surface area contributed by atoms with Crippen molar-refractivity contribution in [2.24, 2.45) is 0 Å². The summed E-state index contributed by atoms with van der Waals surface area (Å²) < 4.78 is 33.5. The number of rotatable bonds is 7. The van der Waals surface area contributed by atoms with Crippen LogP contribution in [0.1, 0.15) is 23.7 Å². The van der Waals surface area contributed by atoms with Gasteiger partial charge in [-0.1, -0.05) is 6.07 Å². The molecule has 1 aliphatic rings. The van der Waals surface area contributed by atoms with Crippen LogP contribution in [0.25, 0.3) is 0 Å². The first-order chi connectivity index (χ1) is 15.8. The number of hydrogen-bond acceptors (Lipinski definition) is 7. The molecule has 33 heavy (non-hydrogen) atoms. The zero-order valence-corrected chi connectivity index (χ0v) is 18.8. The lowest BCUT2D eigenvalue weighted by molar-refractivity contribution is -0.120. The highest BCUT2D eigenvalue weighted by Crippen LogP contribution is 2.33. The number of carbonyl (C=O) groups excluding carboxylic acids is 1. The molecule has 4 rings (SSSR count). The first kappa shape index (κ1) is 22.6. The normalized spacial score (nSPS) is 16.4. The molecule has 0 fully saturated rings. The Morgan fingerprint density at radius 1 is 1.24 bits per heavy atom. The number of fused-ring (bicyclic) bond motifs is 1. The molecule has 2 N–H and O–H groups in total. The smallest absolute Gasteiger partial charge is 0.249 e. The molecule has 3 aromatic rings. The van der Waals surface area contributed by atoms with E-state index in [4.69, 9.17) is 4.74 Å². The van der Waals surface area contributed by atoms with Gasteiger partial charge in [-0.25, -0.2) is 13.8 Å². The number of ether oxygens (including phenoxy) is 1. The van der Waals surface area contributed by atoms with Crippen LogP contribution in [-0.2, 0) is 22.6 Å². The average molecular weight is 457 g/mol.